The molecule has 0 radical (unpaired) electrons. The van der Waals surface area contributed by atoms with E-state index in [0.29, 0.717) is 31.7 Å². The minimum absolute atomic E-state index is 0.0274. The first-order valence-corrected chi connectivity index (χ1v) is 8.21. The lowest BCUT2D eigenvalue weighted by Gasteiger charge is -2.30. The molecular weight excluding hydrogens is 351 g/mol. The molecular formula is C17H18F3N3O3. The molecule has 0 aliphatic carbocycles. The molecule has 0 N–H and O–H groups in total. The van der Waals surface area contributed by atoms with Gasteiger partial charge in [-0.2, -0.15) is 13.2 Å². The Morgan fingerprint density at radius 2 is 2.04 bits per heavy atom. The van der Waals surface area contributed by atoms with Crippen molar-refractivity contribution >= 4 is 5.91 Å². The molecule has 1 saturated heterocycles. The number of aromatic nitrogens is 2. The largest absolute Gasteiger partial charge is 0.484 e. The summed E-state index contributed by atoms with van der Waals surface area (Å²) < 4.78 is 47.8. The van der Waals surface area contributed by atoms with Gasteiger partial charge in [0.25, 0.3) is 5.91 Å². The van der Waals surface area contributed by atoms with Gasteiger partial charge < -0.3 is 14.1 Å². The van der Waals surface area contributed by atoms with E-state index in [0.717, 1.165) is 5.56 Å². The highest BCUT2D eigenvalue weighted by Gasteiger charge is 2.39. The predicted molar refractivity (Wildman–Crippen MR) is 84.5 cm³/mol. The van der Waals surface area contributed by atoms with E-state index >= 15 is 0 Å². The van der Waals surface area contributed by atoms with E-state index in [-0.39, 0.29) is 24.3 Å². The molecule has 1 aromatic carbocycles. The fourth-order valence-corrected chi connectivity index (χ4v) is 2.83. The summed E-state index contributed by atoms with van der Waals surface area (Å²) in [5.74, 6) is -1.18. The van der Waals surface area contributed by atoms with Gasteiger partial charge in [0.1, 0.15) is 5.75 Å². The number of halogens is 3. The number of rotatable bonds is 4. The summed E-state index contributed by atoms with van der Waals surface area (Å²) >= 11 is 0. The van der Waals surface area contributed by atoms with Crippen LogP contribution in [0, 0.1) is 6.92 Å². The Morgan fingerprint density at radius 1 is 1.31 bits per heavy atom. The summed E-state index contributed by atoms with van der Waals surface area (Å²) in [5, 5.41) is 6.54. The molecule has 140 valence electrons. The number of hydrogen-bond acceptors (Lipinski definition) is 5. The van der Waals surface area contributed by atoms with E-state index in [4.69, 9.17) is 9.15 Å². The van der Waals surface area contributed by atoms with Crippen LogP contribution in [0.4, 0.5) is 13.2 Å². The number of aryl methyl sites for hydroxylation is 1. The third-order valence-corrected chi connectivity index (χ3v) is 4.23. The Hall–Kier alpha value is -2.58. The smallest absolute Gasteiger partial charge is 0.470 e. The lowest BCUT2D eigenvalue weighted by atomic mass is 9.97. The Kier molecular flexibility index (Phi) is 5.15. The van der Waals surface area contributed by atoms with Crippen LogP contribution in [0.15, 0.2) is 28.7 Å². The molecule has 1 amide bonds. The van der Waals surface area contributed by atoms with Crippen LogP contribution in [0.25, 0.3) is 0 Å². The molecule has 0 spiro atoms. The summed E-state index contributed by atoms with van der Waals surface area (Å²) in [6, 6.07) is 7.40. The fraction of sp³-hybridized carbons (Fsp3) is 0.471. The zero-order valence-corrected chi connectivity index (χ0v) is 14.1. The van der Waals surface area contributed by atoms with Crippen LogP contribution in [0.5, 0.6) is 5.75 Å². The number of carbonyl (C=O) groups is 1. The van der Waals surface area contributed by atoms with E-state index in [2.05, 4.69) is 10.2 Å². The van der Waals surface area contributed by atoms with Crippen molar-refractivity contribution in [3.05, 3.63) is 41.6 Å². The van der Waals surface area contributed by atoms with E-state index in [1.807, 2.05) is 25.1 Å². The number of benzene rings is 1. The summed E-state index contributed by atoms with van der Waals surface area (Å²) in [4.78, 5) is 13.9. The molecule has 0 unspecified atom stereocenters. The molecule has 6 nitrogen and oxygen atoms in total. The van der Waals surface area contributed by atoms with Crippen molar-refractivity contribution in [3.8, 4) is 5.75 Å². The summed E-state index contributed by atoms with van der Waals surface area (Å²) in [7, 11) is 0. The Bertz CT molecular complexity index is 768. The molecule has 1 fully saturated rings. The van der Waals surface area contributed by atoms with Crippen LogP contribution in [-0.2, 0) is 11.0 Å². The van der Waals surface area contributed by atoms with Crippen molar-refractivity contribution in [2.24, 2.45) is 0 Å². The third-order valence-electron chi connectivity index (χ3n) is 4.23. The van der Waals surface area contributed by atoms with Crippen molar-refractivity contribution in [3.63, 3.8) is 0 Å². The molecule has 0 saturated carbocycles. The highest BCUT2D eigenvalue weighted by atomic mass is 19.4. The molecule has 1 aromatic heterocycles. The van der Waals surface area contributed by atoms with Gasteiger partial charge in [0, 0.05) is 19.0 Å². The second-order valence-electron chi connectivity index (χ2n) is 6.20. The lowest BCUT2D eigenvalue weighted by Crippen LogP contribution is -2.40. The maximum Gasteiger partial charge on any atom is 0.470 e. The van der Waals surface area contributed by atoms with Gasteiger partial charge in [0.15, 0.2) is 6.61 Å². The fourth-order valence-electron chi connectivity index (χ4n) is 2.83. The van der Waals surface area contributed by atoms with Gasteiger partial charge >= 0.3 is 12.1 Å². The maximum atomic E-state index is 12.5. The van der Waals surface area contributed by atoms with E-state index < -0.39 is 12.1 Å². The van der Waals surface area contributed by atoms with Gasteiger partial charge in [-0.3, -0.25) is 4.79 Å². The van der Waals surface area contributed by atoms with Crippen molar-refractivity contribution in [2.45, 2.75) is 31.9 Å². The first-order valence-electron chi connectivity index (χ1n) is 8.21. The molecule has 0 atom stereocenters. The Morgan fingerprint density at radius 3 is 2.65 bits per heavy atom. The van der Waals surface area contributed by atoms with E-state index in [1.54, 1.807) is 11.0 Å². The van der Waals surface area contributed by atoms with E-state index in [1.165, 1.54) is 0 Å². The highest BCUT2D eigenvalue weighted by molar-refractivity contribution is 5.77. The summed E-state index contributed by atoms with van der Waals surface area (Å²) in [6.45, 7) is 2.67. The molecule has 9 heteroatoms. The summed E-state index contributed by atoms with van der Waals surface area (Å²) in [5.41, 5.74) is 1.04. The van der Waals surface area contributed by atoms with Gasteiger partial charge in [0.05, 0.1) is 0 Å². The van der Waals surface area contributed by atoms with Crippen LogP contribution in [0.2, 0.25) is 0 Å². The van der Waals surface area contributed by atoms with Crippen molar-refractivity contribution < 1.29 is 27.1 Å². The van der Waals surface area contributed by atoms with Crippen LogP contribution in [0.1, 0.15) is 36.1 Å². The Balaban J connectivity index is 1.50. The molecule has 0 bridgehead atoms. The topological polar surface area (TPSA) is 68.5 Å². The SMILES string of the molecule is Cc1cccc(OCC(=O)N2CCC(c3nnc(C(F)(F)F)o3)CC2)c1. The predicted octanol–water partition coefficient (Wildman–Crippen LogP) is 3.18. The molecule has 1 aliphatic rings. The maximum absolute atomic E-state index is 12.5. The number of amides is 1. The average molecular weight is 369 g/mol. The highest BCUT2D eigenvalue weighted by Crippen LogP contribution is 2.32. The molecule has 3 rings (SSSR count). The standard InChI is InChI=1S/C17H18F3N3O3/c1-11-3-2-4-13(9-11)25-10-14(24)23-7-5-12(6-8-23)15-21-22-16(26-15)17(18,19)20/h2-4,9,12H,5-8,10H2,1H3. The van der Waals surface area contributed by atoms with E-state index in [9.17, 15) is 18.0 Å². The second kappa shape index (κ2) is 7.35. The van der Waals surface area contributed by atoms with Gasteiger partial charge in [-0.15, -0.1) is 10.2 Å². The normalized spacial score (nSPS) is 15.9. The zero-order chi connectivity index (χ0) is 18.7. The first kappa shape index (κ1) is 18.2. The van der Waals surface area contributed by atoms with Crippen LogP contribution < -0.4 is 4.74 Å². The zero-order valence-electron chi connectivity index (χ0n) is 14.1. The van der Waals surface area contributed by atoms with Crippen LogP contribution >= 0.6 is 0 Å². The third kappa shape index (κ3) is 4.33. The summed E-state index contributed by atoms with van der Waals surface area (Å²) in [6.07, 6.45) is -3.71. The van der Waals surface area contributed by atoms with Gasteiger partial charge in [0.2, 0.25) is 5.89 Å². The number of nitrogens with zero attached hydrogens (tertiary/aromatic N) is 3. The molecule has 1 aliphatic heterocycles. The van der Waals surface area contributed by atoms with Crippen LogP contribution in [0.3, 0.4) is 0 Å². The number of likely N-dealkylation sites (tertiary alicyclic amines) is 1. The quantitative estimate of drug-likeness (QED) is 0.828. The van der Waals surface area contributed by atoms with Gasteiger partial charge in [-0.1, -0.05) is 12.1 Å². The van der Waals surface area contributed by atoms with Gasteiger partial charge in [-0.05, 0) is 37.5 Å². The van der Waals surface area contributed by atoms with Crippen molar-refractivity contribution in [2.75, 3.05) is 19.7 Å². The van der Waals surface area contributed by atoms with Gasteiger partial charge in [-0.25, -0.2) is 0 Å². The lowest BCUT2D eigenvalue weighted by molar-refractivity contribution is -0.157. The number of carbonyl (C=O) groups excluding carboxylic acids is 1. The minimum Gasteiger partial charge on any atom is -0.484 e. The Labute approximate surface area is 148 Å². The minimum atomic E-state index is -4.64. The van der Waals surface area contributed by atoms with Crippen molar-refractivity contribution in [1.82, 2.24) is 15.1 Å². The second-order valence-corrected chi connectivity index (χ2v) is 6.20. The van der Waals surface area contributed by atoms with Crippen molar-refractivity contribution in [1.29, 1.82) is 0 Å². The molecule has 2 aromatic rings. The molecule has 2 heterocycles. The molecule has 26 heavy (non-hydrogen) atoms. The average Bonchev–Trinajstić information content (AvgIpc) is 3.10. The monoisotopic (exact) mass is 369 g/mol. The first-order chi connectivity index (χ1) is 12.3. The van der Waals surface area contributed by atoms with Crippen LogP contribution in [-0.4, -0.2) is 40.7 Å². The number of alkyl halides is 3. The number of hydrogen-bond donors (Lipinski definition) is 0. The number of ether oxygens (including phenoxy) is 1. The number of piperidine rings is 1.